The summed E-state index contributed by atoms with van der Waals surface area (Å²) in [5, 5.41) is 9.95. The molecule has 1 heterocycles. The first-order valence-electron chi connectivity index (χ1n) is 4.31. The lowest BCUT2D eigenvalue weighted by Crippen LogP contribution is -2.19. The van der Waals surface area contributed by atoms with Gasteiger partial charge in [-0.05, 0) is 56.7 Å². The first-order valence-corrected chi connectivity index (χ1v) is 6.71. The molecular formula is C9H10Br2OS. The van der Waals surface area contributed by atoms with E-state index in [4.69, 9.17) is 0 Å². The fourth-order valence-electron chi connectivity index (χ4n) is 1.50. The molecule has 0 bridgehead atoms. The standard InChI is InChI=1S/C9H10Br2OS/c10-6-4-7(13-9(6)11)8(12)5-2-1-3-5/h4-5,8,12H,1-3H2. The Hall–Kier alpha value is 0.620. The van der Waals surface area contributed by atoms with E-state index in [1.807, 2.05) is 6.07 Å². The average molecular weight is 326 g/mol. The van der Waals surface area contributed by atoms with Gasteiger partial charge in [0.05, 0.1) is 9.89 Å². The Bertz CT molecular complexity index is 287. The monoisotopic (exact) mass is 324 g/mol. The fraction of sp³-hybridized carbons (Fsp3) is 0.556. The van der Waals surface area contributed by atoms with Crippen molar-refractivity contribution < 1.29 is 5.11 Å². The van der Waals surface area contributed by atoms with Crippen molar-refractivity contribution in [3.05, 3.63) is 19.2 Å². The van der Waals surface area contributed by atoms with Gasteiger partial charge >= 0.3 is 0 Å². The largest absolute Gasteiger partial charge is 0.387 e. The summed E-state index contributed by atoms with van der Waals surface area (Å²) in [4.78, 5) is 1.07. The third kappa shape index (κ3) is 2.01. The molecule has 2 rings (SSSR count). The second kappa shape index (κ2) is 4.01. The Morgan fingerprint density at radius 3 is 2.54 bits per heavy atom. The van der Waals surface area contributed by atoms with Crippen molar-refractivity contribution in [2.45, 2.75) is 25.4 Å². The van der Waals surface area contributed by atoms with Crippen molar-refractivity contribution >= 4 is 43.2 Å². The zero-order valence-corrected chi connectivity index (χ0v) is 11.0. The summed E-state index contributed by atoms with van der Waals surface area (Å²) in [5.74, 6) is 0.498. The van der Waals surface area contributed by atoms with Crippen LogP contribution in [0.4, 0.5) is 0 Å². The van der Waals surface area contributed by atoms with E-state index in [9.17, 15) is 5.11 Å². The van der Waals surface area contributed by atoms with Gasteiger partial charge in [-0.15, -0.1) is 11.3 Å². The minimum atomic E-state index is -0.249. The molecule has 4 heteroatoms. The summed E-state index contributed by atoms with van der Waals surface area (Å²) in [6, 6.07) is 2.01. The number of rotatable bonds is 2. The highest BCUT2D eigenvalue weighted by molar-refractivity contribution is 9.13. The van der Waals surface area contributed by atoms with Gasteiger partial charge in [-0.2, -0.15) is 0 Å². The molecule has 0 spiro atoms. The summed E-state index contributed by atoms with van der Waals surface area (Å²) >= 11 is 8.48. The predicted octanol–water partition coefficient (Wildman–Crippen LogP) is 4.11. The van der Waals surface area contributed by atoms with Gasteiger partial charge in [0.2, 0.25) is 0 Å². The molecule has 0 amide bonds. The minimum Gasteiger partial charge on any atom is -0.387 e. The highest BCUT2D eigenvalue weighted by atomic mass is 79.9. The molecule has 0 aromatic carbocycles. The van der Waals surface area contributed by atoms with Gasteiger partial charge in [-0.25, -0.2) is 0 Å². The molecule has 1 nitrogen and oxygen atoms in total. The summed E-state index contributed by atoms with van der Waals surface area (Å²) in [5.41, 5.74) is 0. The third-order valence-corrected chi connectivity index (χ3v) is 5.88. The van der Waals surface area contributed by atoms with E-state index < -0.39 is 0 Å². The highest BCUT2D eigenvalue weighted by Crippen LogP contribution is 2.43. The molecule has 1 aromatic rings. The van der Waals surface area contributed by atoms with Crippen LogP contribution >= 0.6 is 43.2 Å². The lowest BCUT2D eigenvalue weighted by atomic mass is 9.81. The van der Waals surface area contributed by atoms with Gasteiger partial charge < -0.3 is 5.11 Å². The number of hydrogen-bond acceptors (Lipinski definition) is 2. The average Bonchev–Trinajstić information content (AvgIpc) is 2.28. The van der Waals surface area contributed by atoms with E-state index in [2.05, 4.69) is 31.9 Å². The van der Waals surface area contributed by atoms with Crippen LogP contribution in [0.5, 0.6) is 0 Å². The summed E-state index contributed by atoms with van der Waals surface area (Å²) in [6.07, 6.45) is 3.37. The molecule has 13 heavy (non-hydrogen) atoms. The molecule has 1 aliphatic carbocycles. The lowest BCUT2D eigenvalue weighted by molar-refractivity contribution is 0.0649. The smallest absolute Gasteiger partial charge is 0.0910 e. The van der Waals surface area contributed by atoms with Gasteiger partial charge in [-0.1, -0.05) is 6.42 Å². The topological polar surface area (TPSA) is 20.2 Å². The Balaban J connectivity index is 2.14. The van der Waals surface area contributed by atoms with Crippen molar-refractivity contribution in [2.75, 3.05) is 0 Å². The molecule has 1 unspecified atom stereocenters. The van der Waals surface area contributed by atoms with Crippen LogP contribution in [-0.4, -0.2) is 5.11 Å². The summed E-state index contributed by atoms with van der Waals surface area (Å²) < 4.78 is 2.12. The fourth-order valence-corrected chi connectivity index (χ4v) is 3.67. The van der Waals surface area contributed by atoms with Crippen molar-refractivity contribution in [2.24, 2.45) is 5.92 Å². The molecule has 1 atom stereocenters. The van der Waals surface area contributed by atoms with Gasteiger partial charge in [0.15, 0.2) is 0 Å². The number of hydrogen-bond donors (Lipinski definition) is 1. The second-order valence-electron chi connectivity index (χ2n) is 3.41. The van der Waals surface area contributed by atoms with E-state index in [0.29, 0.717) is 5.92 Å². The summed E-state index contributed by atoms with van der Waals surface area (Å²) in [6.45, 7) is 0. The van der Waals surface area contributed by atoms with Gasteiger partial charge in [-0.3, -0.25) is 0 Å². The molecular weight excluding hydrogens is 316 g/mol. The number of aliphatic hydroxyl groups is 1. The molecule has 72 valence electrons. The van der Waals surface area contributed by atoms with Crippen LogP contribution < -0.4 is 0 Å². The maximum absolute atomic E-state index is 9.95. The third-order valence-electron chi connectivity index (χ3n) is 2.55. The van der Waals surface area contributed by atoms with E-state index in [1.54, 1.807) is 11.3 Å². The van der Waals surface area contributed by atoms with Crippen LogP contribution in [0, 0.1) is 5.92 Å². The van der Waals surface area contributed by atoms with Crippen LogP contribution in [0.1, 0.15) is 30.2 Å². The predicted molar refractivity (Wildman–Crippen MR) is 62.0 cm³/mol. The maximum atomic E-state index is 9.95. The van der Waals surface area contributed by atoms with Crippen LogP contribution in [0.2, 0.25) is 0 Å². The highest BCUT2D eigenvalue weighted by Gasteiger charge is 2.28. The second-order valence-corrected chi connectivity index (χ2v) is 6.66. The maximum Gasteiger partial charge on any atom is 0.0910 e. The molecule has 1 aliphatic rings. The Kier molecular flexibility index (Phi) is 3.13. The van der Waals surface area contributed by atoms with Crippen LogP contribution in [0.15, 0.2) is 14.3 Å². The zero-order valence-electron chi connectivity index (χ0n) is 6.96. The molecule has 0 aliphatic heterocycles. The van der Waals surface area contributed by atoms with E-state index in [1.165, 1.54) is 19.3 Å². The van der Waals surface area contributed by atoms with Crippen LogP contribution in [0.3, 0.4) is 0 Å². The van der Waals surface area contributed by atoms with Crippen molar-refractivity contribution in [3.63, 3.8) is 0 Å². The molecule has 1 N–H and O–H groups in total. The lowest BCUT2D eigenvalue weighted by Gasteiger charge is -2.29. The normalized spacial score (nSPS) is 19.9. The molecule has 1 aromatic heterocycles. The molecule has 0 saturated heterocycles. The molecule has 0 radical (unpaired) electrons. The van der Waals surface area contributed by atoms with E-state index >= 15 is 0 Å². The van der Waals surface area contributed by atoms with Crippen molar-refractivity contribution in [1.82, 2.24) is 0 Å². The SMILES string of the molecule is OC(c1cc(Br)c(Br)s1)C1CCC1. The van der Waals surface area contributed by atoms with Crippen LogP contribution in [-0.2, 0) is 0 Å². The number of halogens is 2. The number of thiophene rings is 1. The zero-order chi connectivity index (χ0) is 9.42. The van der Waals surface area contributed by atoms with Crippen molar-refractivity contribution in [1.29, 1.82) is 0 Å². The first kappa shape index (κ1) is 10.1. The van der Waals surface area contributed by atoms with E-state index in [0.717, 1.165) is 13.1 Å². The molecule has 1 saturated carbocycles. The van der Waals surface area contributed by atoms with Crippen molar-refractivity contribution in [3.8, 4) is 0 Å². The Morgan fingerprint density at radius 1 is 1.46 bits per heavy atom. The molecule has 1 fully saturated rings. The Morgan fingerprint density at radius 2 is 2.15 bits per heavy atom. The van der Waals surface area contributed by atoms with Gasteiger partial charge in [0.1, 0.15) is 0 Å². The van der Waals surface area contributed by atoms with Gasteiger partial charge in [0.25, 0.3) is 0 Å². The van der Waals surface area contributed by atoms with E-state index in [-0.39, 0.29) is 6.10 Å². The van der Waals surface area contributed by atoms with Gasteiger partial charge in [0, 0.05) is 9.35 Å². The quantitative estimate of drug-likeness (QED) is 0.867. The number of aliphatic hydroxyl groups excluding tert-OH is 1. The first-order chi connectivity index (χ1) is 6.18. The minimum absolute atomic E-state index is 0.249. The summed E-state index contributed by atoms with van der Waals surface area (Å²) in [7, 11) is 0. The Labute approximate surface area is 98.4 Å². The van der Waals surface area contributed by atoms with Crippen LogP contribution in [0.25, 0.3) is 0 Å².